The highest BCUT2D eigenvalue weighted by atomic mass is 16.8. The van der Waals surface area contributed by atoms with Crippen LogP contribution in [0.3, 0.4) is 0 Å². The molecule has 0 bridgehead atoms. The summed E-state index contributed by atoms with van der Waals surface area (Å²) in [5.41, 5.74) is -0.0000291. The van der Waals surface area contributed by atoms with E-state index in [1.54, 1.807) is 12.1 Å². The zero-order valence-corrected chi connectivity index (χ0v) is 15.8. The Morgan fingerprint density at radius 1 is 1.29 bits per heavy atom. The lowest BCUT2D eigenvalue weighted by molar-refractivity contribution is -0.124. The van der Waals surface area contributed by atoms with Crippen LogP contribution in [0.4, 0.5) is 4.79 Å². The van der Waals surface area contributed by atoms with Gasteiger partial charge in [-0.1, -0.05) is 25.5 Å². The summed E-state index contributed by atoms with van der Waals surface area (Å²) in [6.07, 6.45) is 1.04. The van der Waals surface area contributed by atoms with Gasteiger partial charge in [0.15, 0.2) is 0 Å². The number of hydrogen-bond acceptors (Lipinski definition) is 8. The fraction of sp³-hybridized carbons (Fsp3) is 0.500. The summed E-state index contributed by atoms with van der Waals surface area (Å²) in [5.74, 6) is -0.711. The second-order valence-electron chi connectivity index (χ2n) is 6.80. The summed E-state index contributed by atoms with van der Waals surface area (Å²) in [5, 5.41) is 10.4. The van der Waals surface area contributed by atoms with Crippen LogP contribution in [0, 0.1) is 0 Å². The van der Waals surface area contributed by atoms with Crippen LogP contribution >= 0.6 is 0 Å². The number of rotatable bonds is 6. The highest BCUT2D eigenvalue weighted by molar-refractivity contribution is 6.51. The van der Waals surface area contributed by atoms with Crippen LogP contribution in [-0.4, -0.2) is 60.5 Å². The molecule has 1 aromatic carbocycles. The van der Waals surface area contributed by atoms with Gasteiger partial charge < -0.3 is 28.8 Å². The van der Waals surface area contributed by atoms with Crippen LogP contribution in [0.25, 0.3) is 0 Å². The summed E-state index contributed by atoms with van der Waals surface area (Å²) in [6.45, 7) is 3.42. The molecule has 3 rings (SSSR count). The Bertz CT molecular complexity index is 785. The molecular formula is C18H22BNO8. The van der Waals surface area contributed by atoms with Crippen molar-refractivity contribution in [2.24, 2.45) is 0 Å². The molecule has 2 aliphatic heterocycles. The predicted octanol–water partition coefficient (Wildman–Crippen LogP) is 1.31. The number of nitrogens with zero attached hydrogens (tertiary/aromatic N) is 1. The van der Waals surface area contributed by atoms with Gasteiger partial charge in [-0.05, 0) is 18.1 Å². The lowest BCUT2D eigenvalue weighted by Gasteiger charge is -2.28. The molecule has 1 amide bonds. The molecule has 1 atom stereocenters. The number of carbonyl (C=O) groups is 3. The van der Waals surface area contributed by atoms with Crippen LogP contribution in [0.15, 0.2) is 18.2 Å². The third kappa shape index (κ3) is 3.91. The molecule has 0 radical (unpaired) electrons. The van der Waals surface area contributed by atoms with Crippen molar-refractivity contribution >= 4 is 25.2 Å². The molecule has 1 unspecified atom stereocenters. The van der Waals surface area contributed by atoms with Gasteiger partial charge in [-0.2, -0.15) is 0 Å². The highest BCUT2D eigenvalue weighted by Gasteiger charge is 2.66. The van der Waals surface area contributed by atoms with Gasteiger partial charge in [-0.15, -0.1) is 0 Å². The summed E-state index contributed by atoms with van der Waals surface area (Å²) < 4.78 is 20.0. The average molecular weight is 391 g/mol. The van der Waals surface area contributed by atoms with E-state index in [9.17, 15) is 19.4 Å². The first-order valence-corrected chi connectivity index (χ1v) is 9.10. The van der Waals surface area contributed by atoms with Gasteiger partial charge >= 0.3 is 19.2 Å². The number of para-hydroxylation sites is 1. The largest absolute Gasteiger partial charge is 0.552 e. The van der Waals surface area contributed by atoms with Crippen LogP contribution < -0.4 is 4.65 Å². The number of benzene rings is 1. The van der Waals surface area contributed by atoms with Crippen molar-refractivity contribution in [2.75, 3.05) is 19.9 Å². The van der Waals surface area contributed by atoms with Crippen molar-refractivity contribution in [1.82, 2.24) is 4.90 Å². The van der Waals surface area contributed by atoms with Gasteiger partial charge in [0.05, 0.1) is 6.61 Å². The maximum atomic E-state index is 12.3. The third-order valence-electron chi connectivity index (χ3n) is 4.83. The van der Waals surface area contributed by atoms with E-state index in [1.807, 2.05) is 6.92 Å². The summed E-state index contributed by atoms with van der Waals surface area (Å²) >= 11 is 0. The first-order valence-electron chi connectivity index (χ1n) is 9.10. The van der Waals surface area contributed by atoms with Crippen LogP contribution in [-0.2, 0) is 25.4 Å². The number of fused-ring (bicyclic) bond motifs is 1. The van der Waals surface area contributed by atoms with Crippen molar-refractivity contribution in [2.45, 2.75) is 38.5 Å². The Hall–Kier alpha value is -2.75. The van der Waals surface area contributed by atoms with E-state index in [4.69, 9.17) is 18.9 Å². The topological polar surface area (TPSA) is 111 Å². The molecule has 1 fully saturated rings. The number of ether oxygens (including phenoxy) is 3. The smallest absolute Gasteiger partial charge is 0.534 e. The lowest BCUT2D eigenvalue weighted by atomic mass is 9.65. The fourth-order valence-electron chi connectivity index (χ4n) is 3.24. The van der Waals surface area contributed by atoms with Crippen molar-refractivity contribution < 1.29 is 38.3 Å². The van der Waals surface area contributed by atoms with Crippen molar-refractivity contribution in [3.8, 4) is 5.75 Å². The molecule has 2 aliphatic rings. The number of unbranched alkanes of at least 4 members (excludes halogenated alkanes) is 1. The molecule has 2 heterocycles. The van der Waals surface area contributed by atoms with Crippen molar-refractivity contribution in [3.63, 3.8) is 0 Å². The van der Waals surface area contributed by atoms with E-state index in [0.717, 1.165) is 6.42 Å². The second-order valence-corrected chi connectivity index (χ2v) is 6.80. The summed E-state index contributed by atoms with van der Waals surface area (Å²) in [4.78, 5) is 36.8. The maximum absolute atomic E-state index is 12.3. The Labute approximate surface area is 162 Å². The minimum Gasteiger partial charge on any atom is -0.534 e. The van der Waals surface area contributed by atoms with Gasteiger partial charge in [0.25, 0.3) is 0 Å². The van der Waals surface area contributed by atoms with E-state index in [-0.39, 0.29) is 23.8 Å². The Kier molecular flexibility index (Phi) is 5.78. The second kappa shape index (κ2) is 8.09. The minimum atomic E-state index is -1.25. The van der Waals surface area contributed by atoms with Crippen molar-refractivity contribution in [3.05, 3.63) is 29.3 Å². The van der Waals surface area contributed by atoms with Crippen LogP contribution in [0.1, 0.15) is 42.6 Å². The van der Waals surface area contributed by atoms with Gasteiger partial charge in [0, 0.05) is 19.9 Å². The van der Waals surface area contributed by atoms with E-state index in [2.05, 4.69) is 0 Å². The fourth-order valence-corrected chi connectivity index (χ4v) is 3.24. The Balaban J connectivity index is 1.61. The molecule has 9 nitrogen and oxygen atoms in total. The number of amides is 1. The maximum Gasteiger partial charge on any atom is 0.552 e. The quantitative estimate of drug-likeness (QED) is 0.254. The lowest BCUT2D eigenvalue weighted by Crippen LogP contribution is -2.49. The van der Waals surface area contributed by atoms with Gasteiger partial charge in [0.2, 0.25) is 12.7 Å². The molecule has 150 valence electrons. The molecule has 10 heteroatoms. The monoisotopic (exact) mass is 391 g/mol. The molecule has 1 spiro atoms. The molecule has 0 aliphatic carbocycles. The van der Waals surface area contributed by atoms with Crippen molar-refractivity contribution in [1.29, 1.82) is 0 Å². The van der Waals surface area contributed by atoms with E-state index < -0.39 is 31.5 Å². The summed E-state index contributed by atoms with van der Waals surface area (Å²) in [6, 6.07) is 4.91. The molecule has 1 N–H and O–H groups in total. The van der Waals surface area contributed by atoms with Gasteiger partial charge in [-0.3, -0.25) is 4.79 Å². The van der Waals surface area contributed by atoms with E-state index in [0.29, 0.717) is 24.9 Å². The average Bonchev–Trinajstić information content (AvgIpc) is 3.38. The molecule has 28 heavy (non-hydrogen) atoms. The van der Waals surface area contributed by atoms with E-state index in [1.165, 1.54) is 17.9 Å². The predicted molar refractivity (Wildman–Crippen MR) is 96.5 cm³/mol. The molecule has 0 saturated carbocycles. The normalized spacial score (nSPS) is 19.5. The first-order chi connectivity index (χ1) is 13.4. The molecule has 0 aromatic heterocycles. The number of carbonyl (C=O) groups excluding carboxylic acids is 3. The Morgan fingerprint density at radius 2 is 2.07 bits per heavy atom. The third-order valence-corrected chi connectivity index (χ3v) is 4.83. The minimum absolute atomic E-state index is 0.101. The molecule has 1 aromatic rings. The highest BCUT2D eigenvalue weighted by Crippen LogP contribution is 2.44. The summed E-state index contributed by atoms with van der Waals surface area (Å²) in [7, 11) is -1.25. The zero-order chi connectivity index (χ0) is 20.3. The Morgan fingerprint density at radius 3 is 2.75 bits per heavy atom. The molecule has 1 saturated heterocycles. The zero-order valence-electron chi connectivity index (χ0n) is 15.8. The molecular weight excluding hydrogens is 369 g/mol. The van der Waals surface area contributed by atoms with Gasteiger partial charge in [-0.25, -0.2) is 9.59 Å². The standard InChI is InChI=1S/C18H22BNO8/c1-3-4-8-25-17(23)27-11-26-16(22)14-7-5-6-13-9-18(10-20(18)12(2)21)19(24)28-15(13)14/h5-7,24H,3-4,8-11H2,1-2H3. The van der Waals surface area contributed by atoms with Crippen LogP contribution in [0.2, 0.25) is 0 Å². The SMILES string of the molecule is CCCCOC(=O)OCOC(=O)c1cccc2c1OB(O)C1(C2)CN1C(C)=O. The number of hydrogen-bond donors (Lipinski definition) is 1. The van der Waals surface area contributed by atoms with Gasteiger partial charge in [0.1, 0.15) is 16.8 Å². The van der Waals surface area contributed by atoms with Crippen LogP contribution in [0.5, 0.6) is 5.75 Å². The number of esters is 1. The first kappa shape index (κ1) is 20.0. The van der Waals surface area contributed by atoms with E-state index >= 15 is 0 Å².